The number of aryl methyl sites for hydroxylation is 1. The van der Waals surface area contributed by atoms with E-state index in [-0.39, 0.29) is 23.5 Å². The van der Waals surface area contributed by atoms with Gasteiger partial charge in [-0.1, -0.05) is 29.5 Å². The van der Waals surface area contributed by atoms with Gasteiger partial charge < -0.3 is 10.2 Å². The SMILES string of the molecule is Cc1ccc(NC(=O)CSc2nnc([C@H](C)[NH+](C)C)n2-c2ccc(F)cc2)cc1. The van der Waals surface area contributed by atoms with E-state index in [4.69, 9.17) is 0 Å². The van der Waals surface area contributed by atoms with Crippen molar-refractivity contribution in [1.82, 2.24) is 14.8 Å². The highest BCUT2D eigenvalue weighted by Gasteiger charge is 2.23. The number of thioether (sulfide) groups is 1. The maximum atomic E-state index is 13.4. The Kier molecular flexibility index (Phi) is 6.66. The number of amides is 1. The molecule has 0 unspecified atom stereocenters. The molecule has 29 heavy (non-hydrogen) atoms. The number of carbonyl (C=O) groups is 1. The Bertz CT molecular complexity index is 970. The first kappa shape index (κ1) is 21.0. The number of rotatable bonds is 7. The molecule has 0 aliphatic heterocycles. The summed E-state index contributed by atoms with van der Waals surface area (Å²) in [6, 6.07) is 13.9. The standard InChI is InChI=1S/C21H24FN5OS/c1-14-5-9-17(10-6-14)23-19(28)13-29-21-25-24-20(15(2)26(3)4)27(21)18-11-7-16(22)8-12-18/h5-12,15H,13H2,1-4H3,(H,23,28)/p+1/t15-/m0/s1. The first-order valence-electron chi connectivity index (χ1n) is 9.35. The van der Waals surface area contributed by atoms with Crippen molar-refractivity contribution in [2.24, 2.45) is 0 Å². The second-order valence-corrected chi connectivity index (χ2v) is 8.10. The molecule has 0 saturated carbocycles. The molecule has 1 aromatic heterocycles. The zero-order valence-corrected chi connectivity index (χ0v) is 17.8. The smallest absolute Gasteiger partial charge is 0.234 e. The van der Waals surface area contributed by atoms with Gasteiger partial charge in [-0.3, -0.25) is 9.36 Å². The summed E-state index contributed by atoms with van der Waals surface area (Å²) in [6.07, 6.45) is 0. The Morgan fingerprint density at radius 1 is 1.14 bits per heavy atom. The fourth-order valence-corrected chi connectivity index (χ4v) is 3.47. The van der Waals surface area contributed by atoms with E-state index in [2.05, 4.69) is 22.4 Å². The predicted octanol–water partition coefficient (Wildman–Crippen LogP) is 2.65. The van der Waals surface area contributed by atoms with Crippen LogP contribution in [-0.2, 0) is 4.79 Å². The van der Waals surface area contributed by atoms with Crippen molar-refractivity contribution >= 4 is 23.4 Å². The Balaban J connectivity index is 1.80. The molecule has 0 fully saturated rings. The molecular formula is C21H25FN5OS+. The quantitative estimate of drug-likeness (QED) is 0.584. The molecule has 0 radical (unpaired) electrons. The van der Waals surface area contributed by atoms with Gasteiger partial charge in [-0.15, -0.1) is 10.2 Å². The van der Waals surface area contributed by atoms with Crippen LogP contribution >= 0.6 is 11.8 Å². The predicted molar refractivity (Wildman–Crippen MR) is 113 cm³/mol. The number of hydrogen-bond donors (Lipinski definition) is 2. The van der Waals surface area contributed by atoms with Crippen LogP contribution in [0.3, 0.4) is 0 Å². The minimum Gasteiger partial charge on any atom is -0.331 e. The van der Waals surface area contributed by atoms with Crippen LogP contribution in [0.25, 0.3) is 5.69 Å². The summed E-state index contributed by atoms with van der Waals surface area (Å²) in [5, 5.41) is 12.1. The molecule has 1 amide bonds. The van der Waals surface area contributed by atoms with Crippen molar-refractivity contribution in [2.75, 3.05) is 25.2 Å². The Labute approximate surface area is 174 Å². The molecule has 3 rings (SSSR count). The van der Waals surface area contributed by atoms with Gasteiger partial charge in [-0.25, -0.2) is 4.39 Å². The third-order valence-corrected chi connectivity index (χ3v) is 5.59. The van der Waals surface area contributed by atoms with Crippen molar-refractivity contribution < 1.29 is 14.1 Å². The Morgan fingerprint density at radius 2 is 1.79 bits per heavy atom. The Hall–Kier alpha value is -2.71. The van der Waals surface area contributed by atoms with Crippen molar-refractivity contribution in [1.29, 1.82) is 0 Å². The molecule has 2 N–H and O–H groups in total. The van der Waals surface area contributed by atoms with E-state index < -0.39 is 0 Å². The number of halogens is 1. The lowest BCUT2D eigenvalue weighted by Crippen LogP contribution is -3.05. The lowest BCUT2D eigenvalue weighted by molar-refractivity contribution is -0.890. The van der Waals surface area contributed by atoms with Crippen LogP contribution < -0.4 is 10.2 Å². The third kappa shape index (κ3) is 5.21. The molecule has 6 nitrogen and oxygen atoms in total. The van der Waals surface area contributed by atoms with E-state index in [1.54, 1.807) is 12.1 Å². The van der Waals surface area contributed by atoms with Crippen molar-refractivity contribution in [3.05, 3.63) is 65.7 Å². The van der Waals surface area contributed by atoms with E-state index in [0.29, 0.717) is 5.16 Å². The highest BCUT2D eigenvalue weighted by atomic mass is 32.2. The Morgan fingerprint density at radius 3 is 2.41 bits per heavy atom. The number of aromatic nitrogens is 3. The van der Waals surface area contributed by atoms with Gasteiger partial charge in [0.1, 0.15) is 11.9 Å². The fourth-order valence-electron chi connectivity index (χ4n) is 2.71. The molecule has 8 heteroatoms. The van der Waals surface area contributed by atoms with Crippen LogP contribution in [0.4, 0.5) is 10.1 Å². The summed E-state index contributed by atoms with van der Waals surface area (Å²) in [5.41, 5.74) is 2.65. The topological polar surface area (TPSA) is 64.2 Å². The molecule has 1 atom stereocenters. The average Bonchev–Trinajstić information content (AvgIpc) is 3.12. The minimum absolute atomic E-state index is 0.0725. The summed E-state index contributed by atoms with van der Waals surface area (Å²) in [6.45, 7) is 4.05. The number of nitrogens with one attached hydrogen (secondary N) is 2. The minimum atomic E-state index is -0.304. The summed E-state index contributed by atoms with van der Waals surface area (Å²) in [4.78, 5) is 13.6. The molecule has 0 bridgehead atoms. The van der Waals surface area contributed by atoms with Crippen LogP contribution in [0.15, 0.2) is 53.7 Å². The number of quaternary nitrogens is 1. The van der Waals surface area contributed by atoms with Crippen molar-refractivity contribution in [3.8, 4) is 5.69 Å². The first-order chi connectivity index (χ1) is 13.8. The fraction of sp³-hybridized carbons (Fsp3) is 0.286. The number of benzene rings is 2. The molecule has 0 saturated heterocycles. The van der Waals surface area contributed by atoms with Gasteiger partial charge in [0.2, 0.25) is 5.91 Å². The lowest BCUT2D eigenvalue weighted by atomic mass is 10.2. The molecule has 0 aliphatic rings. The molecular weight excluding hydrogens is 389 g/mol. The van der Waals surface area contributed by atoms with Crippen molar-refractivity contribution in [3.63, 3.8) is 0 Å². The third-order valence-electron chi connectivity index (χ3n) is 4.66. The maximum absolute atomic E-state index is 13.4. The van der Waals surface area contributed by atoms with Gasteiger partial charge in [0.25, 0.3) is 0 Å². The number of hydrogen-bond acceptors (Lipinski definition) is 4. The van der Waals surface area contributed by atoms with Gasteiger partial charge in [0, 0.05) is 11.4 Å². The van der Waals surface area contributed by atoms with Crippen molar-refractivity contribution in [2.45, 2.75) is 25.0 Å². The van der Waals surface area contributed by atoms with E-state index in [1.807, 2.05) is 49.9 Å². The van der Waals surface area contributed by atoms with E-state index >= 15 is 0 Å². The molecule has 3 aromatic rings. The van der Waals surface area contributed by atoms with Crippen LogP contribution in [0, 0.1) is 12.7 Å². The molecule has 1 heterocycles. The molecule has 152 valence electrons. The highest BCUT2D eigenvalue weighted by molar-refractivity contribution is 7.99. The monoisotopic (exact) mass is 414 g/mol. The summed E-state index contributed by atoms with van der Waals surface area (Å²) >= 11 is 1.30. The van der Waals surface area contributed by atoms with Gasteiger partial charge in [-0.05, 0) is 50.2 Å². The lowest BCUT2D eigenvalue weighted by Gasteiger charge is -2.18. The van der Waals surface area contributed by atoms with Crippen LogP contribution in [0.5, 0.6) is 0 Å². The number of nitrogens with zero attached hydrogens (tertiary/aromatic N) is 3. The maximum Gasteiger partial charge on any atom is 0.234 e. The van der Waals surface area contributed by atoms with Gasteiger partial charge >= 0.3 is 0 Å². The first-order valence-corrected chi connectivity index (χ1v) is 10.3. The molecule has 2 aromatic carbocycles. The average molecular weight is 415 g/mol. The second kappa shape index (κ2) is 9.19. The normalized spacial score (nSPS) is 12.2. The van der Waals surface area contributed by atoms with Crippen LogP contribution in [0.2, 0.25) is 0 Å². The van der Waals surface area contributed by atoms with Gasteiger partial charge in [0.15, 0.2) is 11.0 Å². The number of anilines is 1. The number of carbonyl (C=O) groups excluding carboxylic acids is 1. The summed E-state index contributed by atoms with van der Waals surface area (Å²) in [7, 11) is 4.08. The van der Waals surface area contributed by atoms with Gasteiger partial charge in [-0.2, -0.15) is 0 Å². The van der Waals surface area contributed by atoms with Crippen LogP contribution in [-0.4, -0.2) is 40.5 Å². The largest absolute Gasteiger partial charge is 0.331 e. The zero-order valence-electron chi connectivity index (χ0n) is 16.9. The summed E-state index contributed by atoms with van der Waals surface area (Å²) in [5.74, 6) is 0.524. The van der Waals surface area contributed by atoms with Gasteiger partial charge in [0.05, 0.1) is 19.8 Å². The second-order valence-electron chi connectivity index (χ2n) is 7.15. The van der Waals surface area contributed by atoms with E-state index in [0.717, 1.165) is 22.8 Å². The van der Waals surface area contributed by atoms with Crippen LogP contribution in [0.1, 0.15) is 24.4 Å². The van der Waals surface area contributed by atoms with E-state index in [1.165, 1.54) is 28.8 Å². The zero-order chi connectivity index (χ0) is 21.0. The summed E-state index contributed by atoms with van der Waals surface area (Å²) < 4.78 is 15.3. The van der Waals surface area contributed by atoms with E-state index in [9.17, 15) is 9.18 Å². The molecule has 0 spiro atoms. The molecule has 0 aliphatic carbocycles. The highest BCUT2D eigenvalue weighted by Crippen LogP contribution is 2.24.